The minimum atomic E-state index is 0.547. The van der Waals surface area contributed by atoms with Gasteiger partial charge in [0, 0.05) is 6.07 Å². The number of anilines is 1. The van der Waals surface area contributed by atoms with E-state index in [1.807, 2.05) is 24.5 Å². The van der Waals surface area contributed by atoms with Crippen molar-refractivity contribution in [1.82, 2.24) is 9.97 Å². The third-order valence-corrected chi connectivity index (χ3v) is 3.26. The fraction of sp³-hybridized carbons (Fsp3) is 0.286. The smallest absolute Gasteiger partial charge is 0.219 e. The Hall–Kier alpha value is -1.79. The summed E-state index contributed by atoms with van der Waals surface area (Å²) in [6.07, 6.45) is 3.84. The predicted molar refractivity (Wildman–Crippen MR) is 81.9 cm³/mol. The molecule has 0 atom stereocenters. The second-order valence-electron chi connectivity index (χ2n) is 4.16. The predicted octanol–water partition coefficient (Wildman–Crippen LogP) is 2.50. The van der Waals surface area contributed by atoms with E-state index in [4.69, 9.17) is 10.6 Å². The third-order valence-electron chi connectivity index (χ3n) is 2.72. The van der Waals surface area contributed by atoms with Crippen LogP contribution in [0, 0.1) is 0 Å². The van der Waals surface area contributed by atoms with Crippen molar-refractivity contribution in [2.75, 3.05) is 18.3 Å². The van der Waals surface area contributed by atoms with E-state index in [0.717, 1.165) is 12.8 Å². The molecule has 6 heteroatoms. The second kappa shape index (κ2) is 7.72. The SMILES string of the molecule is CSc1nc(NN)cc(OCCCc2ccccc2)n1. The zero-order chi connectivity index (χ0) is 14.2. The van der Waals surface area contributed by atoms with E-state index in [-0.39, 0.29) is 0 Å². The van der Waals surface area contributed by atoms with Crippen molar-refractivity contribution >= 4 is 17.6 Å². The van der Waals surface area contributed by atoms with Crippen molar-refractivity contribution in [1.29, 1.82) is 0 Å². The first kappa shape index (κ1) is 14.6. The molecule has 0 aliphatic rings. The zero-order valence-corrected chi connectivity index (χ0v) is 12.2. The van der Waals surface area contributed by atoms with Crippen LogP contribution < -0.4 is 16.0 Å². The van der Waals surface area contributed by atoms with Gasteiger partial charge in [0.15, 0.2) is 5.16 Å². The molecule has 0 spiro atoms. The van der Waals surface area contributed by atoms with E-state index in [0.29, 0.717) is 23.5 Å². The first-order valence-electron chi connectivity index (χ1n) is 6.38. The van der Waals surface area contributed by atoms with Crippen molar-refractivity contribution in [2.45, 2.75) is 18.0 Å². The van der Waals surface area contributed by atoms with Crippen molar-refractivity contribution in [3.05, 3.63) is 42.0 Å². The Morgan fingerprint density at radius 1 is 1.25 bits per heavy atom. The molecule has 1 aromatic carbocycles. The van der Waals surface area contributed by atoms with Gasteiger partial charge in [-0.2, -0.15) is 4.98 Å². The molecule has 0 fully saturated rings. The van der Waals surface area contributed by atoms with Crippen LogP contribution in [0.5, 0.6) is 5.88 Å². The molecule has 5 nitrogen and oxygen atoms in total. The quantitative estimate of drug-likeness (QED) is 0.268. The number of thioether (sulfide) groups is 1. The van der Waals surface area contributed by atoms with Crippen LogP contribution in [0.1, 0.15) is 12.0 Å². The number of ether oxygens (including phenoxy) is 1. The summed E-state index contributed by atoms with van der Waals surface area (Å²) in [5.41, 5.74) is 3.83. The van der Waals surface area contributed by atoms with Gasteiger partial charge in [0.2, 0.25) is 5.88 Å². The topological polar surface area (TPSA) is 73.1 Å². The second-order valence-corrected chi connectivity index (χ2v) is 4.93. The molecule has 3 N–H and O–H groups in total. The summed E-state index contributed by atoms with van der Waals surface area (Å²) in [5, 5.41) is 0.638. The third kappa shape index (κ3) is 4.40. The molecule has 0 saturated carbocycles. The average molecular weight is 290 g/mol. The molecular weight excluding hydrogens is 272 g/mol. The Labute approximate surface area is 122 Å². The highest BCUT2D eigenvalue weighted by Crippen LogP contribution is 2.18. The van der Waals surface area contributed by atoms with E-state index in [1.54, 1.807) is 6.07 Å². The lowest BCUT2D eigenvalue weighted by atomic mass is 10.1. The number of hydrazine groups is 1. The normalized spacial score (nSPS) is 10.3. The number of aromatic nitrogens is 2. The summed E-state index contributed by atoms with van der Waals surface area (Å²) >= 11 is 1.45. The first-order chi connectivity index (χ1) is 9.81. The zero-order valence-electron chi connectivity index (χ0n) is 11.4. The van der Waals surface area contributed by atoms with Crippen LogP contribution in [-0.4, -0.2) is 22.8 Å². The first-order valence-corrected chi connectivity index (χ1v) is 7.60. The van der Waals surface area contributed by atoms with Crippen molar-refractivity contribution in [3.8, 4) is 5.88 Å². The Morgan fingerprint density at radius 3 is 2.75 bits per heavy atom. The highest BCUT2D eigenvalue weighted by molar-refractivity contribution is 7.98. The van der Waals surface area contributed by atoms with Crippen molar-refractivity contribution in [3.63, 3.8) is 0 Å². The van der Waals surface area contributed by atoms with Crippen LogP contribution in [0.4, 0.5) is 5.82 Å². The maximum absolute atomic E-state index is 5.65. The number of benzene rings is 1. The fourth-order valence-corrected chi connectivity index (χ4v) is 2.11. The van der Waals surface area contributed by atoms with Crippen LogP contribution >= 0.6 is 11.8 Å². The van der Waals surface area contributed by atoms with E-state index in [9.17, 15) is 0 Å². The Balaban J connectivity index is 1.84. The van der Waals surface area contributed by atoms with Gasteiger partial charge >= 0.3 is 0 Å². The van der Waals surface area contributed by atoms with Gasteiger partial charge in [-0.15, -0.1) is 0 Å². The molecule has 0 radical (unpaired) electrons. The largest absolute Gasteiger partial charge is 0.477 e. The Bertz CT molecular complexity index is 514. The van der Waals surface area contributed by atoms with Crippen LogP contribution in [-0.2, 0) is 6.42 Å². The van der Waals surface area contributed by atoms with Crippen LogP contribution in [0.3, 0.4) is 0 Å². The maximum atomic E-state index is 5.65. The van der Waals surface area contributed by atoms with E-state index >= 15 is 0 Å². The molecule has 0 amide bonds. The van der Waals surface area contributed by atoms with Gasteiger partial charge in [0.1, 0.15) is 5.82 Å². The fourth-order valence-electron chi connectivity index (χ4n) is 1.74. The van der Waals surface area contributed by atoms with Gasteiger partial charge in [0.25, 0.3) is 0 Å². The van der Waals surface area contributed by atoms with Gasteiger partial charge in [-0.3, -0.25) is 0 Å². The van der Waals surface area contributed by atoms with Gasteiger partial charge < -0.3 is 10.2 Å². The number of rotatable bonds is 7. The number of aryl methyl sites for hydroxylation is 1. The lowest BCUT2D eigenvalue weighted by Crippen LogP contribution is -2.10. The molecule has 20 heavy (non-hydrogen) atoms. The summed E-state index contributed by atoms with van der Waals surface area (Å²) < 4.78 is 5.65. The molecule has 0 bridgehead atoms. The van der Waals surface area contributed by atoms with E-state index in [1.165, 1.54) is 17.3 Å². The number of hydrogen-bond donors (Lipinski definition) is 2. The van der Waals surface area contributed by atoms with Gasteiger partial charge in [-0.05, 0) is 24.7 Å². The molecule has 2 aromatic rings. The highest BCUT2D eigenvalue weighted by Gasteiger charge is 2.04. The van der Waals surface area contributed by atoms with E-state index < -0.39 is 0 Å². The minimum absolute atomic E-state index is 0.547. The van der Waals surface area contributed by atoms with Gasteiger partial charge in [-0.1, -0.05) is 42.1 Å². The summed E-state index contributed by atoms with van der Waals surface area (Å²) in [5.74, 6) is 6.47. The minimum Gasteiger partial charge on any atom is -0.477 e. The summed E-state index contributed by atoms with van der Waals surface area (Å²) in [7, 11) is 0. The van der Waals surface area contributed by atoms with Crippen molar-refractivity contribution in [2.24, 2.45) is 5.84 Å². The lowest BCUT2D eigenvalue weighted by Gasteiger charge is -2.08. The van der Waals surface area contributed by atoms with Crippen LogP contribution in [0.2, 0.25) is 0 Å². The van der Waals surface area contributed by atoms with Crippen LogP contribution in [0.25, 0.3) is 0 Å². The van der Waals surface area contributed by atoms with Crippen LogP contribution in [0.15, 0.2) is 41.6 Å². The Kier molecular flexibility index (Phi) is 5.64. The Morgan fingerprint density at radius 2 is 2.05 bits per heavy atom. The average Bonchev–Trinajstić information content (AvgIpc) is 2.52. The lowest BCUT2D eigenvalue weighted by molar-refractivity contribution is 0.296. The molecule has 0 aliphatic heterocycles. The van der Waals surface area contributed by atoms with Gasteiger partial charge in [-0.25, -0.2) is 10.8 Å². The summed E-state index contributed by atoms with van der Waals surface area (Å²) in [4.78, 5) is 8.46. The molecule has 1 heterocycles. The standard InChI is InChI=1S/C14H18N4OS/c1-20-14-16-12(18-15)10-13(17-14)19-9-5-8-11-6-3-2-4-7-11/h2-4,6-7,10H,5,8-9,15H2,1H3,(H,16,17,18). The number of nitrogens with zero attached hydrogens (tertiary/aromatic N) is 2. The summed E-state index contributed by atoms with van der Waals surface area (Å²) in [6.45, 7) is 0.615. The van der Waals surface area contributed by atoms with Crippen molar-refractivity contribution < 1.29 is 4.74 Å². The number of nitrogens with two attached hydrogens (primary N) is 1. The number of hydrogen-bond acceptors (Lipinski definition) is 6. The molecule has 0 unspecified atom stereocenters. The number of nitrogen functional groups attached to an aromatic ring is 1. The molecule has 0 saturated heterocycles. The monoisotopic (exact) mass is 290 g/mol. The number of nitrogens with one attached hydrogen (secondary N) is 1. The van der Waals surface area contributed by atoms with Gasteiger partial charge in [0.05, 0.1) is 6.61 Å². The maximum Gasteiger partial charge on any atom is 0.219 e. The molecule has 106 valence electrons. The molecule has 2 rings (SSSR count). The molecular formula is C14H18N4OS. The molecule has 1 aromatic heterocycles. The van der Waals surface area contributed by atoms with E-state index in [2.05, 4.69) is 27.5 Å². The molecule has 0 aliphatic carbocycles. The summed E-state index contributed by atoms with van der Waals surface area (Å²) in [6, 6.07) is 12.0. The highest BCUT2D eigenvalue weighted by atomic mass is 32.2.